The highest BCUT2D eigenvalue weighted by molar-refractivity contribution is 6.04. The lowest BCUT2D eigenvalue weighted by Gasteiger charge is -2.14. The minimum Gasteiger partial charge on any atom is -0.463 e. The average Bonchev–Trinajstić information content (AvgIpc) is 1.60. The van der Waals surface area contributed by atoms with Gasteiger partial charge in [-0.25, -0.2) is 57.4 Å². The number of anilines is 8. The zero-order valence-electron chi connectivity index (χ0n) is 69.9. The molecule has 0 aliphatic heterocycles. The third-order valence-electron chi connectivity index (χ3n) is 19.6. The van der Waals surface area contributed by atoms with Gasteiger partial charge in [0.1, 0.15) is 59.0 Å². The van der Waals surface area contributed by atoms with Gasteiger partial charge in [0, 0.05) is 136 Å². The Kier molecular flexibility index (Phi) is 25.3. The lowest BCUT2D eigenvalue weighted by atomic mass is 10.1. The molecule has 0 radical (unpaired) electrons. The predicted molar refractivity (Wildman–Crippen MR) is 468 cm³/mol. The molecule has 0 bridgehead atoms. The van der Waals surface area contributed by atoms with Gasteiger partial charge in [-0.2, -0.15) is 15.3 Å². The van der Waals surface area contributed by atoms with Crippen LogP contribution in [0.2, 0.25) is 0 Å². The van der Waals surface area contributed by atoms with E-state index in [1.54, 1.807) is 91.2 Å². The van der Waals surface area contributed by atoms with Crippen molar-refractivity contribution in [2.45, 2.75) is 66.7 Å². The molecular formula is C88H80F4N26O10. The summed E-state index contributed by atoms with van der Waals surface area (Å²) in [5.74, 6) is -1.62. The number of allylic oxidation sites excluding steroid dienone is 1. The van der Waals surface area contributed by atoms with E-state index in [9.17, 15) is 32.8 Å². The van der Waals surface area contributed by atoms with Crippen LogP contribution >= 0.6 is 0 Å². The molecule has 1 aliphatic rings. The molecule has 1 saturated carbocycles. The Morgan fingerprint density at radius 3 is 1.15 bits per heavy atom. The molecular weight excluding hydrogens is 1660 g/mol. The van der Waals surface area contributed by atoms with E-state index >= 15 is 8.78 Å². The molecule has 18 rings (SSSR count). The summed E-state index contributed by atoms with van der Waals surface area (Å²) in [7, 11) is 5.88. The van der Waals surface area contributed by atoms with Crippen molar-refractivity contribution in [2.24, 2.45) is 0 Å². The second kappa shape index (κ2) is 37.7. The Labute approximate surface area is 723 Å². The summed E-state index contributed by atoms with van der Waals surface area (Å²) in [6.07, 6.45) is 12.8. The summed E-state index contributed by atoms with van der Waals surface area (Å²) in [5.41, 5.74) is 9.90. The fourth-order valence-corrected chi connectivity index (χ4v) is 13.5. The Morgan fingerprint density at radius 2 is 0.797 bits per heavy atom. The van der Waals surface area contributed by atoms with Crippen molar-refractivity contribution in [3.63, 3.8) is 0 Å². The van der Waals surface area contributed by atoms with E-state index < -0.39 is 46.9 Å². The summed E-state index contributed by atoms with van der Waals surface area (Å²) in [5, 5.41) is 44.9. The maximum absolute atomic E-state index is 15.0. The zero-order chi connectivity index (χ0) is 90.0. The van der Waals surface area contributed by atoms with Gasteiger partial charge in [0.25, 0.3) is 23.6 Å². The highest BCUT2D eigenvalue weighted by Gasteiger charge is 2.30. The second-order valence-electron chi connectivity index (χ2n) is 28.9. The van der Waals surface area contributed by atoms with Gasteiger partial charge in [-0.1, -0.05) is 18.2 Å². The van der Waals surface area contributed by atoms with Gasteiger partial charge in [-0.3, -0.25) is 39.3 Å². The SMILES string of the molecule is C/C=C/c1cc(Nc2ncnc(Oc3ccc4[nH]c(C)cc4c3F)c2C(=O)NC)n[nH]1.CNC(=O)c1c(Nc2cc(-c3ccco3)[nH]n2)ncnc1Oc1ccc2[nH]c(C)cc2c1F.CNC(=O)c1c(Nc2cc(C3CC3)[nH]n2)ncnc1Oc1ccc2[nH]c(C)cc2c1F.CNC(=O)c1c(Nc2ccc(CC(C)=O)cc2)ncnc1Oc1ccc2[nH]c(C)cc2c1F. The van der Waals surface area contributed by atoms with Gasteiger partial charge < -0.3 is 85.8 Å². The van der Waals surface area contributed by atoms with Crippen molar-refractivity contribution in [3.8, 4) is 58.0 Å². The van der Waals surface area contributed by atoms with Crippen LogP contribution in [0.15, 0.2) is 169 Å². The summed E-state index contributed by atoms with van der Waals surface area (Å²) in [6, 6.07) is 35.5. The summed E-state index contributed by atoms with van der Waals surface area (Å²) >= 11 is 0. The van der Waals surface area contributed by atoms with Gasteiger partial charge >= 0.3 is 0 Å². The van der Waals surface area contributed by atoms with Crippen LogP contribution in [-0.2, 0) is 11.2 Å². The molecule has 12 heterocycles. The van der Waals surface area contributed by atoms with E-state index in [0.717, 1.165) is 52.6 Å². The van der Waals surface area contributed by atoms with Crippen LogP contribution in [0.25, 0.3) is 61.1 Å². The molecule has 40 heteroatoms. The van der Waals surface area contributed by atoms with Crippen molar-refractivity contribution in [1.29, 1.82) is 0 Å². The zero-order valence-corrected chi connectivity index (χ0v) is 69.9. The van der Waals surface area contributed by atoms with E-state index in [4.69, 9.17) is 23.4 Å². The number of aromatic amines is 7. The van der Waals surface area contributed by atoms with Crippen LogP contribution in [0.5, 0.6) is 46.5 Å². The third-order valence-corrected chi connectivity index (χ3v) is 19.6. The number of hydrogen-bond acceptors (Lipinski definition) is 25. The van der Waals surface area contributed by atoms with E-state index in [1.165, 1.54) is 84.7 Å². The number of fused-ring (bicyclic) bond motifs is 4. The number of aromatic nitrogens is 18. The summed E-state index contributed by atoms with van der Waals surface area (Å²) in [4.78, 5) is 107. The first-order valence-electron chi connectivity index (χ1n) is 39.5. The molecule has 650 valence electrons. The number of ketones is 1. The number of halogens is 4. The third kappa shape index (κ3) is 19.2. The normalized spacial score (nSPS) is 11.6. The highest BCUT2D eigenvalue weighted by atomic mass is 19.1. The van der Waals surface area contributed by atoms with E-state index in [2.05, 4.69) is 133 Å². The Bertz CT molecular complexity index is 7050. The fourth-order valence-electron chi connectivity index (χ4n) is 13.5. The number of rotatable bonds is 25. The molecule has 128 heavy (non-hydrogen) atoms. The van der Waals surface area contributed by atoms with Crippen molar-refractivity contribution < 1.29 is 64.9 Å². The first-order valence-corrected chi connectivity index (χ1v) is 39.5. The van der Waals surface area contributed by atoms with Crippen molar-refractivity contribution in [1.82, 2.24) is 112 Å². The standard InChI is InChI=1S/C24H22FN5O3.C22H18FN7O3.2C21H20FN7O2/c1-13-10-17-18(29-13)8-9-19(21(17)25)33-24-20(23(32)26-3)22(27-12-28-24)30-16-6-4-15(5-7-16)11-14(2)31;1-11-8-12-13(27-11)5-6-16(19(12)23)33-22-18(21(31)24-2)20(25-10-26-22)28-17-9-14(29-30-17)15-4-3-7-32-15;1-10-7-12-13(26-10)5-6-15(18(12)22)31-21-17(20(30)23-2)19(24-9-25-21)27-16-8-14(28-29-16)11-3-4-11;1-4-5-12-9-16(29-28-12)27-19-17(20(30)23-3)21(25-10-24-19)31-15-7-6-14-13(18(15)22)8-11(2)26-14/h4-10,12,29H,11H2,1-3H3,(H,26,32)(H,27,28,30);3-10,27H,1-2H3,(H,24,31)(H2,25,26,28,29,30);5-9,11,26H,3-4H2,1-2H3,(H,23,30)(H2,24,25,27,28,29);4-10,26H,1-3H3,(H,23,30)(H2,24,25,27,28,29)/b;;;5-4+. The number of carbonyl (C=O) groups excluding carboxylic acids is 5. The lowest BCUT2D eigenvalue weighted by molar-refractivity contribution is -0.116. The molecule has 5 aromatic carbocycles. The number of carbonyl (C=O) groups is 5. The van der Waals surface area contributed by atoms with Crippen LogP contribution in [0.1, 0.15) is 114 Å². The summed E-state index contributed by atoms with van der Waals surface area (Å²) in [6.45, 7) is 10.8. The number of H-pyrrole nitrogens is 7. The number of amides is 4. The number of ether oxygens (including phenoxy) is 4. The molecule has 0 unspecified atom stereocenters. The van der Waals surface area contributed by atoms with Gasteiger partial charge in [-0.05, 0) is 163 Å². The Morgan fingerprint density at radius 1 is 0.438 bits per heavy atom. The molecule has 12 aromatic heterocycles. The quantitative estimate of drug-likeness (QED) is 0.0236. The average molecular weight is 1740 g/mol. The first-order chi connectivity index (χ1) is 61.9. The molecule has 36 nitrogen and oxygen atoms in total. The monoisotopic (exact) mass is 1740 g/mol. The van der Waals surface area contributed by atoms with Crippen LogP contribution < -0.4 is 61.5 Å². The Hall–Kier alpha value is -17.1. The second-order valence-corrected chi connectivity index (χ2v) is 28.9. The maximum Gasteiger partial charge on any atom is 0.260 e. The van der Waals surface area contributed by atoms with Crippen molar-refractivity contribution in [2.75, 3.05) is 49.5 Å². The topological polar surface area (TPSA) is 484 Å². The predicted octanol–water partition coefficient (Wildman–Crippen LogP) is 16.7. The number of Topliss-reactive ketones (excluding diaryl/α,β-unsaturated/α-hetero) is 1. The lowest BCUT2D eigenvalue weighted by Crippen LogP contribution is -2.21. The van der Waals surface area contributed by atoms with E-state index in [-0.39, 0.29) is 97.8 Å². The van der Waals surface area contributed by atoms with Crippen LogP contribution in [0.4, 0.5) is 64.0 Å². The molecule has 1 aliphatic carbocycles. The molecule has 0 saturated heterocycles. The summed E-state index contributed by atoms with van der Waals surface area (Å²) < 4.78 is 88.3. The maximum atomic E-state index is 15.0. The number of hydrogen-bond donors (Lipinski definition) is 15. The van der Waals surface area contributed by atoms with Gasteiger partial charge in [0.2, 0.25) is 23.5 Å². The molecule has 17 aromatic rings. The van der Waals surface area contributed by atoms with E-state index in [0.29, 0.717) is 90.5 Å². The number of furan rings is 1. The number of nitrogens with zero attached hydrogens (tertiary/aromatic N) is 11. The van der Waals surface area contributed by atoms with Crippen molar-refractivity contribution in [3.05, 3.63) is 250 Å². The number of nitrogens with one attached hydrogen (secondary N) is 15. The van der Waals surface area contributed by atoms with Gasteiger partial charge in [-0.15, -0.1) is 0 Å². The molecule has 1 fully saturated rings. The van der Waals surface area contributed by atoms with Gasteiger partial charge in [0.15, 0.2) is 92.8 Å². The van der Waals surface area contributed by atoms with Gasteiger partial charge in [0.05, 0.1) is 12.0 Å². The van der Waals surface area contributed by atoms with Crippen molar-refractivity contribution >= 4 is 126 Å². The molecule has 0 atom stereocenters. The van der Waals surface area contributed by atoms with Crippen LogP contribution in [-0.4, -0.2) is 148 Å². The van der Waals surface area contributed by atoms with Crippen LogP contribution in [0, 0.1) is 51.0 Å². The van der Waals surface area contributed by atoms with E-state index in [1.807, 2.05) is 65.0 Å². The smallest absolute Gasteiger partial charge is 0.260 e. The minimum atomic E-state index is -0.566. The number of benzene rings is 5. The fraction of sp³-hybridized carbons (Fsp3) is 0.159. The molecule has 15 N–H and O–H groups in total. The highest BCUT2D eigenvalue weighted by Crippen LogP contribution is 2.42. The largest absolute Gasteiger partial charge is 0.463 e. The Balaban J connectivity index is 0.000000131. The van der Waals surface area contributed by atoms with Crippen LogP contribution in [0.3, 0.4) is 0 Å². The minimum absolute atomic E-state index is 0.00713. The molecule has 0 spiro atoms. The number of aryl methyl sites for hydroxylation is 4. The first kappa shape index (κ1) is 85.9. The molecule has 4 amide bonds.